The fourth-order valence-electron chi connectivity index (χ4n) is 3.39. The van der Waals surface area contributed by atoms with E-state index in [-0.39, 0.29) is 5.91 Å². The third-order valence-electron chi connectivity index (χ3n) is 4.73. The van der Waals surface area contributed by atoms with Crippen molar-refractivity contribution in [2.45, 2.75) is 26.7 Å². The average Bonchev–Trinajstić information content (AvgIpc) is 2.61. The number of nitrogens with zero attached hydrogens (tertiary/aromatic N) is 1. The maximum atomic E-state index is 13.7. The zero-order valence-corrected chi connectivity index (χ0v) is 14.6. The number of benzene rings is 2. The first-order valence-electron chi connectivity index (χ1n) is 8.40. The van der Waals surface area contributed by atoms with Gasteiger partial charge in [0.1, 0.15) is 11.6 Å². The summed E-state index contributed by atoms with van der Waals surface area (Å²) in [7, 11) is 0. The van der Waals surface area contributed by atoms with Crippen molar-refractivity contribution < 1.29 is 13.6 Å². The normalized spacial score (nSPS) is 16.0. The molecule has 0 unspecified atom stereocenters. The van der Waals surface area contributed by atoms with Crippen LogP contribution in [0.1, 0.15) is 36.5 Å². The van der Waals surface area contributed by atoms with E-state index in [0.29, 0.717) is 35.2 Å². The smallest absolute Gasteiger partial charge is 0.247 e. The van der Waals surface area contributed by atoms with Gasteiger partial charge in [-0.15, -0.1) is 0 Å². The summed E-state index contributed by atoms with van der Waals surface area (Å²) in [5, 5.41) is 12.2. The van der Waals surface area contributed by atoms with Crippen LogP contribution in [0.2, 0.25) is 0 Å². The van der Waals surface area contributed by atoms with Gasteiger partial charge in [-0.3, -0.25) is 4.79 Å². The number of rotatable bonds is 2. The highest BCUT2D eigenvalue weighted by Gasteiger charge is 2.20. The molecule has 5 heteroatoms. The zero-order chi connectivity index (χ0) is 18.8. The quantitative estimate of drug-likeness (QED) is 0.810. The molecule has 1 aliphatic rings. The van der Waals surface area contributed by atoms with Crippen molar-refractivity contribution in [3.05, 3.63) is 64.2 Å². The second-order valence-electron chi connectivity index (χ2n) is 6.43. The van der Waals surface area contributed by atoms with Gasteiger partial charge in [-0.2, -0.15) is 5.26 Å². The van der Waals surface area contributed by atoms with Crippen LogP contribution < -0.4 is 5.32 Å². The van der Waals surface area contributed by atoms with E-state index in [2.05, 4.69) is 11.4 Å². The van der Waals surface area contributed by atoms with Gasteiger partial charge in [0.15, 0.2) is 0 Å². The van der Waals surface area contributed by atoms with Gasteiger partial charge in [0.05, 0.1) is 11.6 Å². The molecule has 2 aromatic carbocycles. The van der Waals surface area contributed by atoms with Crippen molar-refractivity contribution in [3.8, 4) is 17.2 Å². The standard InChI is InChI=1S/C21H18F2N2O/c1-12(18-4-3-5-25-21(18)26)19-6-14(11-24)7-20(13(19)2)15-8-16(22)10-17(23)9-15/h6-10H,3-5H2,1-2H3,(H,25,26)/b18-12+. The molecule has 1 fully saturated rings. The predicted molar refractivity (Wildman–Crippen MR) is 96.1 cm³/mol. The molecule has 0 aliphatic carbocycles. The van der Waals surface area contributed by atoms with E-state index in [1.54, 1.807) is 12.1 Å². The summed E-state index contributed by atoms with van der Waals surface area (Å²) in [4.78, 5) is 12.2. The molecule has 0 saturated carbocycles. The molecule has 0 aromatic heterocycles. The average molecular weight is 352 g/mol. The highest BCUT2D eigenvalue weighted by atomic mass is 19.1. The van der Waals surface area contributed by atoms with Gasteiger partial charge >= 0.3 is 0 Å². The van der Waals surface area contributed by atoms with Crippen molar-refractivity contribution in [2.24, 2.45) is 0 Å². The Kier molecular flexibility index (Phi) is 4.85. The molecular formula is C21H18F2N2O. The lowest BCUT2D eigenvalue weighted by Crippen LogP contribution is -2.31. The number of amides is 1. The number of halogens is 2. The summed E-state index contributed by atoms with van der Waals surface area (Å²) in [6.45, 7) is 4.33. The number of hydrogen-bond donors (Lipinski definition) is 1. The van der Waals surface area contributed by atoms with E-state index in [9.17, 15) is 18.8 Å². The summed E-state index contributed by atoms with van der Waals surface area (Å²) in [6, 6.07) is 8.73. The number of nitriles is 1. The second-order valence-corrected chi connectivity index (χ2v) is 6.43. The summed E-state index contributed by atoms with van der Waals surface area (Å²) in [5.74, 6) is -1.45. The van der Waals surface area contributed by atoms with Crippen molar-refractivity contribution in [1.29, 1.82) is 5.26 Å². The van der Waals surface area contributed by atoms with E-state index in [1.807, 2.05) is 13.8 Å². The maximum Gasteiger partial charge on any atom is 0.247 e. The molecule has 1 N–H and O–H groups in total. The van der Waals surface area contributed by atoms with Gasteiger partial charge in [0.2, 0.25) is 5.91 Å². The predicted octanol–water partition coefficient (Wildman–Crippen LogP) is 4.50. The van der Waals surface area contributed by atoms with Crippen LogP contribution in [0, 0.1) is 29.9 Å². The lowest BCUT2D eigenvalue weighted by atomic mass is 9.87. The van der Waals surface area contributed by atoms with Crippen LogP contribution in [0.15, 0.2) is 35.9 Å². The third kappa shape index (κ3) is 3.36. The van der Waals surface area contributed by atoms with E-state index >= 15 is 0 Å². The number of piperidine rings is 1. The SMILES string of the molecule is C/C(=C1/CCCNC1=O)c1cc(C#N)cc(-c2cc(F)cc(F)c2)c1C. The number of hydrogen-bond acceptors (Lipinski definition) is 2. The summed E-state index contributed by atoms with van der Waals surface area (Å²) < 4.78 is 27.3. The zero-order valence-electron chi connectivity index (χ0n) is 14.6. The molecule has 0 spiro atoms. The number of allylic oxidation sites excluding steroid dienone is 1. The van der Waals surface area contributed by atoms with Gasteiger partial charge in [-0.25, -0.2) is 8.78 Å². The van der Waals surface area contributed by atoms with Crippen molar-refractivity contribution in [1.82, 2.24) is 5.32 Å². The Hall–Kier alpha value is -3.00. The molecule has 0 bridgehead atoms. The second kappa shape index (κ2) is 7.09. The highest BCUT2D eigenvalue weighted by Crippen LogP contribution is 2.34. The number of carbonyl (C=O) groups excluding carboxylic acids is 1. The molecule has 1 aliphatic heterocycles. The van der Waals surface area contributed by atoms with Crippen molar-refractivity contribution in [2.75, 3.05) is 6.54 Å². The Morgan fingerprint density at radius 2 is 1.85 bits per heavy atom. The van der Waals surface area contributed by atoms with Crippen molar-refractivity contribution in [3.63, 3.8) is 0 Å². The third-order valence-corrected chi connectivity index (χ3v) is 4.73. The fraction of sp³-hybridized carbons (Fsp3) is 0.238. The van der Waals surface area contributed by atoms with Crippen LogP contribution in [-0.2, 0) is 4.79 Å². The first-order valence-corrected chi connectivity index (χ1v) is 8.40. The van der Waals surface area contributed by atoms with Crippen LogP contribution in [0.4, 0.5) is 8.78 Å². The molecule has 3 rings (SSSR count). The van der Waals surface area contributed by atoms with E-state index in [4.69, 9.17) is 0 Å². The van der Waals surface area contributed by atoms with Crippen LogP contribution >= 0.6 is 0 Å². The molecule has 1 heterocycles. The minimum atomic E-state index is -0.676. The first kappa shape index (κ1) is 17.8. The Morgan fingerprint density at radius 3 is 2.46 bits per heavy atom. The minimum absolute atomic E-state index is 0.103. The van der Waals surface area contributed by atoms with Crippen LogP contribution in [0.25, 0.3) is 16.7 Å². The fourth-order valence-corrected chi connectivity index (χ4v) is 3.39. The summed E-state index contributed by atoms with van der Waals surface area (Å²) in [5.41, 5.74) is 4.31. The molecule has 132 valence electrons. The number of nitrogens with one attached hydrogen (secondary N) is 1. The highest BCUT2D eigenvalue weighted by molar-refractivity contribution is 6.02. The van der Waals surface area contributed by atoms with Crippen LogP contribution in [0.3, 0.4) is 0 Å². The minimum Gasteiger partial charge on any atom is -0.352 e. The lowest BCUT2D eigenvalue weighted by molar-refractivity contribution is -0.118. The topological polar surface area (TPSA) is 52.9 Å². The molecule has 0 atom stereocenters. The molecule has 0 radical (unpaired) electrons. The van der Waals surface area contributed by atoms with Gasteiger partial charge in [0, 0.05) is 18.2 Å². The van der Waals surface area contributed by atoms with Crippen LogP contribution in [-0.4, -0.2) is 12.5 Å². The van der Waals surface area contributed by atoms with Gasteiger partial charge in [-0.1, -0.05) is 0 Å². The molecule has 2 aromatic rings. The van der Waals surface area contributed by atoms with Gasteiger partial charge < -0.3 is 5.32 Å². The Bertz CT molecular complexity index is 950. The van der Waals surface area contributed by atoms with Gasteiger partial charge in [-0.05, 0) is 78.8 Å². The lowest BCUT2D eigenvalue weighted by Gasteiger charge is -2.20. The van der Waals surface area contributed by atoms with Gasteiger partial charge in [0.25, 0.3) is 0 Å². The van der Waals surface area contributed by atoms with Crippen LogP contribution in [0.5, 0.6) is 0 Å². The Labute approximate surface area is 151 Å². The van der Waals surface area contributed by atoms with E-state index in [0.717, 1.165) is 29.2 Å². The molecule has 3 nitrogen and oxygen atoms in total. The Balaban J connectivity index is 2.23. The molecule has 1 amide bonds. The van der Waals surface area contributed by atoms with Crippen molar-refractivity contribution >= 4 is 11.5 Å². The molecule has 26 heavy (non-hydrogen) atoms. The molecular weight excluding hydrogens is 334 g/mol. The molecule has 1 saturated heterocycles. The first-order chi connectivity index (χ1) is 12.4. The largest absolute Gasteiger partial charge is 0.352 e. The van der Waals surface area contributed by atoms with E-state index in [1.165, 1.54) is 12.1 Å². The summed E-state index contributed by atoms with van der Waals surface area (Å²) >= 11 is 0. The van der Waals surface area contributed by atoms with E-state index < -0.39 is 11.6 Å². The number of carbonyl (C=O) groups is 1. The monoisotopic (exact) mass is 352 g/mol. The maximum absolute atomic E-state index is 13.7. The Morgan fingerprint density at radius 1 is 1.15 bits per heavy atom. The summed E-state index contributed by atoms with van der Waals surface area (Å²) in [6.07, 6.45) is 1.52.